The van der Waals surface area contributed by atoms with Crippen molar-refractivity contribution in [3.63, 3.8) is 0 Å². The number of para-hydroxylation sites is 1. The van der Waals surface area contributed by atoms with Gasteiger partial charge in [0.2, 0.25) is 0 Å². The van der Waals surface area contributed by atoms with E-state index in [2.05, 4.69) is 114 Å². The van der Waals surface area contributed by atoms with Gasteiger partial charge in [-0.3, -0.25) is 9.55 Å². The molecule has 0 aliphatic rings. The Bertz CT molecular complexity index is 2380. The molecule has 6 heteroatoms. The molecule has 0 amide bonds. The standard InChI is InChI=1S/C45H41FN3O.Pt/c1-28-20-21-47-38(22-28)31-23-30(24-33(25-31)45(5,6)7)35-14-11-15-40-42(35)48-43(37-27-34(46)17-19-41(37)50)49(40)39-18-16-32(44(2,3)4)26-36(39)29-12-9-8-10-13-29;/h8-22,24-27,50H,1-7H3;/q-1;. The van der Waals surface area contributed by atoms with Crippen molar-refractivity contribution in [3.8, 4) is 56.3 Å². The second-order valence-electron chi connectivity index (χ2n) is 15.1. The van der Waals surface area contributed by atoms with E-state index in [9.17, 15) is 9.50 Å². The van der Waals surface area contributed by atoms with Crippen LogP contribution < -0.4 is 0 Å². The van der Waals surface area contributed by atoms with Gasteiger partial charge in [-0.2, -0.15) is 0 Å². The van der Waals surface area contributed by atoms with Gasteiger partial charge >= 0.3 is 0 Å². The summed E-state index contributed by atoms with van der Waals surface area (Å²) in [5, 5.41) is 11.2. The van der Waals surface area contributed by atoms with E-state index in [1.807, 2.05) is 42.6 Å². The first-order valence-electron chi connectivity index (χ1n) is 17.0. The van der Waals surface area contributed by atoms with Crippen molar-refractivity contribution in [1.29, 1.82) is 0 Å². The van der Waals surface area contributed by atoms with Gasteiger partial charge in [-0.25, -0.2) is 9.37 Å². The minimum absolute atomic E-state index is 0. The number of aromatic hydroxyl groups is 1. The average molecular weight is 854 g/mol. The Morgan fingerprint density at radius 1 is 0.686 bits per heavy atom. The minimum atomic E-state index is -0.454. The predicted molar refractivity (Wildman–Crippen MR) is 203 cm³/mol. The first kappa shape index (κ1) is 35.9. The number of imidazole rings is 1. The van der Waals surface area contributed by atoms with Gasteiger partial charge < -0.3 is 5.11 Å². The number of hydrogen-bond donors (Lipinski definition) is 1. The molecule has 51 heavy (non-hydrogen) atoms. The number of nitrogens with zero attached hydrogens (tertiary/aromatic N) is 3. The number of rotatable bonds is 5. The summed E-state index contributed by atoms with van der Waals surface area (Å²) in [5.74, 6) is -0.0617. The number of aryl methyl sites for hydroxylation is 1. The van der Waals surface area contributed by atoms with Crippen LogP contribution in [0, 0.1) is 18.8 Å². The second-order valence-corrected chi connectivity index (χ2v) is 15.1. The third kappa shape index (κ3) is 7.05. The third-order valence-corrected chi connectivity index (χ3v) is 9.29. The van der Waals surface area contributed by atoms with E-state index in [-0.39, 0.29) is 37.6 Å². The van der Waals surface area contributed by atoms with Crippen molar-refractivity contribution in [1.82, 2.24) is 14.5 Å². The predicted octanol–water partition coefficient (Wildman–Crippen LogP) is 11.6. The number of pyridine rings is 1. The van der Waals surface area contributed by atoms with Crippen molar-refractivity contribution in [2.75, 3.05) is 0 Å². The van der Waals surface area contributed by atoms with E-state index in [0.717, 1.165) is 61.4 Å². The first-order valence-corrected chi connectivity index (χ1v) is 17.0. The maximum atomic E-state index is 14.9. The van der Waals surface area contributed by atoms with E-state index < -0.39 is 5.82 Å². The van der Waals surface area contributed by atoms with Crippen molar-refractivity contribution < 1.29 is 30.6 Å². The summed E-state index contributed by atoms with van der Waals surface area (Å²) in [6, 6.07) is 39.0. The molecule has 0 fully saturated rings. The SMILES string of the molecule is Cc1ccnc(-c2[c-]c(-c3cccc4c3nc(-c3cc(F)ccc3O)n4-c3ccc(C(C)(C)C)cc3-c3ccccc3)cc(C(C)(C)C)c2)c1.[Pt]. The summed E-state index contributed by atoms with van der Waals surface area (Å²) in [6.07, 6.45) is 1.83. The molecule has 0 saturated heterocycles. The van der Waals surface area contributed by atoms with Crippen LogP contribution in [-0.2, 0) is 31.9 Å². The molecule has 0 atom stereocenters. The average Bonchev–Trinajstić information content (AvgIpc) is 3.48. The Morgan fingerprint density at radius 2 is 1.41 bits per heavy atom. The molecular weight excluding hydrogens is 813 g/mol. The van der Waals surface area contributed by atoms with Crippen LogP contribution in [0.4, 0.5) is 4.39 Å². The van der Waals surface area contributed by atoms with Gasteiger partial charge in [0.1, 0.15) is 17.4 Å². The minimum Gasteiger partial charge on any atom is -0.507 e. The molecular formula is C45H41FN3OPt-. The van der Waals surface area contributed by atoms with Gasteiger partial charge in [0.05, 0.1) is 22.3 Å². The number of phenolic OH excluding ortho intramolecular Hbond substituents is 1. The molecule has 2 heterocycles. The quantitative estimate of drug-likeness (QED) is 0.176. The molecule has 0 unspecified atom stereocenters. The molecule has 1 N–H and O–H groups in total. The van der Waals surface area contributed by atoms with Crippen LogP contribution in [-0.4, -0.2) is 19.6 Å². The Balaban J connectivity index is 0.00000448. The zero-order valence-corrected chi connectivity index (χ0v) is 32.2. The fraction of sp³-hybridized carbons (Fsp3) is 0.200. The number of fused-ring (bicyclic) bond motifs is 1. The van der Waals surface area contributed by atoms with E-state index in [1.54, 1.807) is 0 Å². The number of phenols is 1. The molecule has 260 valence electrons. The van der Waals surface area contributed by atoms with Crippen LogP contribution in [0.5, 0.6) is 5.75 Å². The molecule has 0 saturated carbocycles. The van der Waals surface area contributed by atoms with E-state index in [1.165, 1.54) is 23.8 Å². The van der Waals surface area contributed by atoms with Crippen LogP contribution in [0.2, 0.25) is 0 Å². The Labute approximate surface area is 314 Å². The van der Waals surface area contributed by atoms with Gasteiger partial charge in [-0.05, 0) is 71.3 Å². The van der Waals surface area contributed by atoms with Crippen molar-refractivity contribution >= 4 is 11.0 Å². The molecule has 5 aromatic carbocycles. The number of benzene rings is 5. The normalized spacial score (nSPS) is 11.8. The second kappa shape index (κ2) is 13.7. The summed E-state index contributed by atoms with van der Waals surface area (Å²) in [5.41, 5.74) is 11.5. The third-order valence-electron chi connectivity index (χ3n) is 9.29. The maximum Gasteiger partial charge on any atom is 0.148 e. The van der Waals surface area contributed by atoms with Gasteiger partial charge in [0, 0.05) is 38.5 Å². The molecule has 0 aliphatic carbocycles. The zero-order valence-electron chi connectivity index (χ0n) is 30.0. The summed E-state index contributed by atoms with van der Waals surface area (Å²) >= 11 is 0. The van der Waals surface area contributed by atoms with E-state index >= 15 is 0 Å². The molecule has 2 aromatic heterocycles. The summed E-state index contributed by atoms with van der Waals surface area (Å²) in [4.78, 5) is 9.95. The van der Waals surface area contributed by atoms with E-state index in [0.29, 0.717) is 11.4 Å². The number of hydrogen-bond acceptors (Lipinski definition) is 3. The molecule has 7 aromatic rings. The maximum absolute atomic E-state index is 14.9. The van der Waals surface area contributed by atoms with Crippen LogP contribution >= 0.6 is 0 Å². The Hall–Kier alpha value is -4.86. The molecule has 0 radical (unpaired) electrons. The van der Waals surface area contributed by atoms with Crippen molar-refractivity contribution in [2.24, 2.45) is 0 Å². The fourth-order valence-corrected chi connectivity index (χ4v) is 6.44. The van der Waals surface area contributed by atoms with Gasteiger partial charge in [-0.15, -0.1) is 29.3 Å². The monoisotopic (exact) mass is 853 g/mol. The molecule has 0 spiro atoms. The van der Waals surface area contributed by atoms with Crippen molar-refractivity contribution in [3.05, 3.63) is 144 Å². The van der Waals surface area contributed by atoms with Crippen LogP contribution in [0.1, 0.15) is 58.2 Å². The van der Waals surface area contributed by atoms with Gasteiger partial charge in [-0.1, -0.05) is 113 Å². The van der Waals surface area contributed by atoms with Crippen LogP contribution in [0.15, 0.2) is 115 Å². The molecule has 0 bridgehead atoms. The summed E-state index contributed by atoms with van der Waals surface area (Å²) < 4.78 is 17.0. The molecule has 0 aliphatic heterocycles. The number of aromatic nitrogens is 3. The fourth-order valence-electron chi connectivity index (χ4n) is 6.44. The van der Waals surface area contributed by atoms with Crippen molar-refractivity contribution in [2.45, 2.75) is 59.3 Å². The van der Waals surface area contributed by atoms with Crippen LogP contribution in [0.3, 0.4) is 0 Å². The van der Waals surface area contributed by atoms with Gasteiger partial charge in [0.15, 0.2) is 0 Å². The zero-order chi connectivity index (χ0) is 35.4. The molecule has 4 nitrogen and oxygen atoms in total. The Kier molecular flexibility index (Phi) is 9.65. The largest absolute Gasteiger partial charge is 0.507 e. The number of halogens is 1. The first-order chi connectivity index (χ1) is 23.8. The smallest absolute Gasteiger partial charge is 0.148 e. The van der Waals surface area contributed by atoms with E-state index in [4.69, 9.17) is 9.97 Å². The summed E-state index contributed by atoms with van der Waals surface area (Å²) in [6.45, 7) is 15.3. The summed E-state index contributed by atoms with van der Waals surface area (Å²) in [7, 11) is 0. The molecule has 7 rings (SSSR count). The van der Waals surface area contributed by atoms with Gasteiger partial charge in [0.25, 0.3) is 0 Å². The topological polar surface area (TPSA) is 50.9 Å². The Morgan fingerprint density at radius 3 is 2.12 bits per heavy atom. The van der Waals surface area contributed by atoms with Crippen LogP contribution in [0.25, 0.3) is 61.6 Å².